The molecule has 35 heavy (non-hydrogen) atoms. The van der Waals surface area contributed by atoms with Crippen molar-refractivity contribution in [2.24, 2.45) is 0 Å². The summed E-state index contributed by atoms with van der Waals surface area (Å²) in [6.07, 6.45) is 0. The predicted octanol–water partition coefficient (Wildman–Crippen LogP) is 8.63. The van der Waals surface area contributed by atoms with Gasteiger partial charge in [-0.25, -0.2) is 0 Å². The Labute approximate surface area is 201 Å². The monoisotopic (exact) mass is 448 g/mol. The Bertz CT molecular complexity index is 2050. The van der Waals surface area contributed by atoms with E-state index in [1.165, 1.54) is 27.5 Å². The lowest BCUT2D eigenvalue weighted by Gasteiger charge is -2.10. The fourth-order valence-corrected chi connectivity index (χ4v) is 5.64. The van der Waals surface area contributed by atoms with Crippen LogP contribution in [0.5, 0.6) is 0 Å². The van der Waals surface area contributed by atoms with Crippen LogP contribution >= 0.6 is 0 Å². The number of aromatic nitrogens is 2. The van der Waals surface area contributed by atoms with Gasteiger partial charge >= 0.3 is 0 Å². The Balaban J connectivity index is 1.51. The van der Waals surface area contributed by atoms with E-state index in [0.717, 1.165) is 38.7 Å². The lowest BCUT2D eigenvalue weighted by atomic mass is 10.1. The van der Waals surface area contributed by atoms with Gasteiger partial charge in [0.2, 0.25) is 0 Å². The van der Waals surface area contributed by atoms with E-state index in [4.69, 9.17) is 4.42 Å². The molecule has 5 aromatic carbocycles. The standard InChI is InChI=1S/C32H20N2O/c1-2-10-21(11-3-1)33-27-15-7-4-12-23(27)26-20-22(18-19-29(26)33)34-28-16-8-5-13-24(28)32-31(34)25-14-6-9-17-30(25)35-32/h1-20H. The van der Waals surface area contributed by atoms with Crippen LogP contribution in [0.1, 0.15) is 0 Å². The van der Waals surface area contributed by atoms with Crippen LogP contribution in [0.3, 0.4) is 0 Å². The summed E-state index contributed by atoms with van der Waals surface area (Å²) in [7, 11) is 0. The van der Waals surface area contributed by atoms with Crippen LogP contribution in [0.25, 0.3) is 66.2 Å². The van der Waals surface area contributed by atoms with Crippen LogP contribution in [0.4, 0.5) is 0 Å². The fraction of sp³-hybridized carbons (Fsp3) is 0. The van der Waals surface area contributed by atoms with E-state index >= 15 is 0 Å². The van der Waals surface area contributed by atoms with Gasteiger partial charge in [0.15, 0.2) is 5.58 Å². The summed E-state index contributed by atoms with van der Waals surface area (Å²) in [6.45, 7) is 0. The van der Waals surface area contributed by atoms with Gasteiger partial charge in [-0.15, -0.1) is 0 Å². The summed E-state index contributed by atoms with van der Waals surface area (Å²) < 4.78 is 11.1. The van der Waals surface area contributed by atoms with Crippen LogP contribution in [0.2, 0.25) is 0 Å². The molecular weight excluding hydrogens is 428 g/mol. The second kappa shape index (κ2) is 6.87. The maximum Gasteiger partial charge on any atom is 0.161 e. The quantitative estimate of drug-likeness (QED) is 0.259. The highest BCUT2D eigenvalue weighted by molar-refractivity contribution is 6.17. The third-order valence-electron chi connectivity index (χ3n) is 7.11. The van der Waals surface area contributed by atoms with Crippen molar-refractivity contribution in [1.29, 1.82) is 0 Å². The predicted molar refractivity (Wildman–Crippen MR) is 145 cm³/mol. The maximum atomic E-state index is 6.36. The fourth-order valence-electron chi connectivity index (χ4n) is 5.64. The van der Waals surface area contributed by atoms with Gasteiger partial charge in [-0.1, -0.05) is 60.7 Å². The first-order valence-corrected chi connectivity index (χ1v) is 11.9. The Morgan fingerprint density at radius 1 is 0.429 bits per heavy atom. The van der Waals surface area contributed by atoms with Crippen molar-refractivity contribution in [2.75, 3.05) is 0 Å². The molecule has 3 heteroatoms. The number of hydrogen-bond acceptors (Lipinski definition) is 1. The van der Waals surface area contributed by atoms with Crippen molar-refractivity contribution in [1.82, 2.24) is 9.13 Å². The van der Waals surface area contributed by atoms with Gasteiger partial charge in [0.25, 0.3) is 0 Å². The topological polar surface area (TPSA) is 23.0 Å². The summed E-state index contributed by atoms with van der Waals surface area (Å²) >= 11 is 0. The molecular formula is C32H20N2O. The molecule has 164 valence electrons. The van der Waals surface area contributed by atoms with E-state index in [1.807, 2.05) is 12.1 Å². The molecule has 0 N–H and O–H groups in total. The molecule has 0 amide bonds. The molecule has 0 saturated heterocycles. The van der Waals surface area contributed by atoms with Crippen LogP contribution in [0, 0.1) is 0 Å². The normalized spacial score (nSPS) is 12.0. The summed E-state index contributed by atoms with van der Waals surface area (Å²) in [5.41, 5.74) is 8.83. The van der Waals surface area contributed by atoms with Crippen LogP contribution < -0.4 is 0 Å². The molecule has 0 bridgehead atoms. The van der Waals surface area contributed by atoms with Crippen molar-refractivity contribution >= 4 is 54.8 Å². The van der Waals surface area contributed by atoms with Crippen molar-refractivity contribution in [3.8, 4) is 11.4 Å². The number of hydrogen-bond donors (Lipinski definition) is 0. The van der Waals surface area contributed by atoms with Crippen molar-refractivity contribution in [2.45, 2.75) is 0 Å². The van der Waals surface area contributed by atoms with E-state index < -0.39 is 0 Å². The molecule has 8 aromatic rings. The summed E-state index contributed by atoms with van der Waals surface area (Å²) in [5.74, 6) is 0. The van der Waals surface area contributed by atoms with E-state index in [-0.39, 0.29) is 0 Å². The Morgan fingerprint density at radius 2 is 1.06 bits per heavy atom. The molecule has 0 aliphatic carbocycles. The van der Waals surface area contributed by atoms with Crippen LogP contribution in [-0.4, -0.2) is 9.13 Å². The Morgan fingerprint density at radius 3 is 1.89 bits per heavy atom. The third kappa shape index (κ3) is 2.50. The largest absolute Gasteiger partial charge is 0.454 e. The minimum atomic E-state index is 0.916. The lowest BCUT2D eigenvalue weighted by molar-refractivity contribution is 0.673. The van der Waals surface area contributed by atoms with Crippen molar-refractivity contribution in [3.05, 3.63) is 121 Å². The van der Waals surface area contributed by atoms with Gasteiger partial charge in [-0.3, -0.25) is 0 Å². The number of para-hydroxylation sites is 4. The van der Waals surface area contributed by atoms with Crippen molar-refractivity contribution in [3.63, 3.8) is 0 Å². The summed E-state index contributed by atoms with van der Waals surface area (Å²) in [4.78, 5) is 0. The zero-order chi connectivity index (χ0) is 22.9. The smallest absolute Gasteiger partial charge is 0.161 e. The van der Waals surface area contributed by atoms with Gasteiger partial charge in [0.1, 0.15) is 11.1 Å². The van der Waals surface area contributed by atoms with E-state index in [2.05, 4.69) is 118 Å². The van der Waals surface area contributed by atoms with Gasteiger partial charge in [-0.05, 0) is 60.7 Å². The number of nitrogens with zero attached hydrogens (tertiary/aromatic N) is 2. The molecule has 0 saturated carbocycles. The molecule has 0 aliphatic heterocycles. The zero-order valence-corrected chi connectivity index (χ0v) is 18.8. The average molecular weight is 449 g/mol. The Hall–Kier alpha value is -4.76. The average Bonchev–Trinajstić information content (AvgIpc) is 3.56. The minimum absolute atomic E-state index is 0.916. The minimum Gasteiger partial charge on any atom is -0.454 e. The van der Waals surface area contributed by atoms with Gasteiger partial charge in [-0.2, -0.15) is 0 Å². The van der Waals surface area contributed by atoms with Gasteiger partial charge < -0.3 is 13.6 Å². The van der Waals surface area contributed by atoms with E-state index in [0.29, 0.717) is 0 Å². The van der Waals surface area contributed by atoms with E-state index in [9.17, 15) is 0 Å². The van der Waals surface area contributed by atoms with Crippen LogP contribution in [-0.2, 0) is 0 Å². The molecule has 0 radical (unpaired) electrons. The summed E-state index contributed by atoms with van der Waals surface area (Å²) in [5, 5.41) is 4.75. The molecule has 3 nitrogen and oxygen atoms in total. The van der Waals surface area contributed by atoms with Gasteiger partial charge in [0, 0.05) is 32.9 Å². The second-order valence-corrected chi connectivity index (χ2v) is 9.02. The number of furan rings is 1. The number of fused-ring (bicyclic) bond motifs is 8. The third-order valence-corrected chi connectivity index (χ3v) is 7.11. The van der Waals surface area contributed by atoms with Crippen LogP contribution in [0.15, 0.2) is 126 Å². The second-order valence-electron chi connectivity index (χ2n) is 9.02. The molecule has 0 atom stereocenters. The summed E-state index contributed by atoms with van der Waals surface area (Å²) in [6, 6.07) is 42.9. The highest BCUT2D eigenvalue weighted by atomic mass is 16.3. The molecule has 3 heterocycles. The lowest BCUT2D eigenvalue weighted by Crippen LogP contribution is -1.95. The van der Waals surface area contributed by atoms with E-state index in [1.54, 1.807) is 0 Å². The SMILES string of the molecule is c1ccc(-n2c3ccccc3c3cc(-n4c5ccccc5c5oc6ccccc6c54)ccc32)cc1. The maximum absolute atomic E-state index is 6.36. The highest BCUT2D eigenvalue weighted by Gasteiger charge is 2.20. The molecule has 8 rings (SSSR count). The molecule has 3 aromatic heterocycles. The number of benzene rings is 5. The Kier molecular flexibility index (Phi) is 3.66. The molecule has 0 fully saturated rings. The molecule has 0 unspecified atom stereocenters. The highest BCUT2D eigenvalue weighted by Crippen LogP contribution is 2.40. The first-order valence-electron chi connectivity index (χ1n) is 11.9. The van der Waals surface area contributed by atoms with Gasteiger partial charge in [0.05, 0.1) is 16.6 Å². The molecule has 0 aliphatic rings. The van der Waals surface area contributed by atoms with Crippen molar-refractivity contribution < 1.29 is 4.42 Å². The first-order chi connectivity index (χ1) is 17.4. The number of rotatable bonds is 2. The molecule has 0 spiro atoms. The first kappa shape index (κ1) is 18.6. The zero-order valence-electron chi connectivity index (χ0n) is 18.8.